The summed E-state index contributed by atoms with van der Waals surface area (Å²) >= 11 is 5.96. The Morgan fingerprint density at radius 3 is 2.67 bits per heavy atom. The third-order valence-corrected chi connectivity index (χ3v) is 4.18. The second-order valence-corrected chi connectivity index (χ2v) is 5.77. The molecule has 0 unspecified atom stereocenters. The highest BCUT2D eigenvalue weighted by molar-refractivity contribution is 6.30. The molecular formula is C17H14ClFN2. The van der Waals surface area contributed by atoms with Crippen molar-refractivity contribution in [3.8, 4) is 6.07 Å². The van der Waals surface area contributed by atoms with Gasteiger partial charge in [-0.25, -0.2) is 4.39 Å². The van der Waals surface area contributed by atoms with Crippen molar-refractivity contribution in [3.63, 3.8) is 0 Å². The zero-order valence-electron chi connectivity index (χ0n) is 11.3. The summed E-state index contributed by atoms with van der Waals surface area (Å²) < 4.78 is 13.7. The number of benzene rings is 2. The number of hydrogen-bond acceptors (Lipinski definition) is 2. The standard InChI is InChI=1S/C17H14ClFN2/c18-13-6-5-11(10-20)17(9-13)21-14-7-12(8-14)15-3-1-2-4-16(15)19/h1-6,9,12,14,21H,7-8H2. The molecule has 0 atom stereocenters. The second kappa shape index (κ2) is 5.75. The zero-order chi connectivity index (χ0) is 14.8. The molecule has 2 aromatic carbocycles. The van der Waals surface area contributed by atoms with Crippen molar-refractivity contribution in [2.45, 2.75) is 24.8 Å². The molecule has 0 amide bonds. The zero-order valence-corrected chi connectivity index (χ0v) is 12.1. The number of nitrogens with zero attached hydrogens (tertiary/aromatic N) is 1. The van der Waals surface area contributed by atoms with Gasteiger partial charge in [0.2, 0.25) is 0 Å². The maximum atomic E-state index is 13.7. The molecule has 0 bridgehead atoms. The molecule has 0 radical (unpaired) electrons. The van der Waals surface area contributed by atoms with Gasteiger partial charge in [0.15, 0.2) is 0 Å². The third-order valence-electron chi connectivity index (χ3n) is 3.94. The summed E-state index contributed by atoms with van der Waals surface area (Å²) in [5.41, 5.74) is 2.11. The van der Waals surface area contributed by atoms with Crippen LogP contribution in [-0.4, -0.2) is 6.04 Å². The van der Waals surface area contributed by atoms with Crippen LogP contribution in [0.2, 0.25) is 5.02 Å². The lowest BCUT2D eigenvalue weighted by Crippen LogP contribution is -2.34. The molecule has 0 heterocycles. The molecule has 4 heteroatoms. The molecule has 2 nitrogen and oxygen atoms in total. The van der Waals surface area contributed by atoms with Gasteiger partial charge in [0.25, 0.3) is 0 Å². The number of hydrogen-bond donors (Lipinski definition) is 1. The molecule has 3 rings (SSSR count). The van der Waals surface area contributed by atoms with E-state index >= 15 is 0 Å². The smallest absolute Gasteiger partial charge is 0.126 e. The van der Waals surface area contributed by atoms with Crippen LogP contribution in [0.1, 0.15) is 29.9 Å². The van der Waals surface area contributed by atoms with Gasteiger partial charge in [-0.05, 0) is 48.6 Å². The Morgan fingerprint density at radius 1 is 1.19 bits per heavy atom. The van der Waals surface area contributed by atoms with Crippen LogP contribution in [0.4, 0.5) is 10.1 Å². The first-order valence-electron chi connectivity index (χ1n) is 6.88. The third kappa shape index (κ3) is 2.86. The van der Waals surface area contributed by atoms with Gasteiger partial charge >= 0.3 is 0 Å². The van der Waals surface area contributed by atoms with Crippen LogP contribution in [0.25, 0.3) is 0 Å². The average molecular weight is 301 g/mol. The Balaban J connectivity index is 1.67. The Bertz CT molecular complexity index is 702. The molecule has 1 saturated carbocycles. The predicted octanol–water partition coefficient (Wildman–Crippen LogP) is 4.71. The van der Waals surface area contributed by atoms with E-state index in [2.05, 4.69) is 11.4 Å². The summed E-state index contributed by atoms with van der Waals surface area (Å²) in [6.07, 6.45) is 1.72. The van der Waals surface area contributed by atoms with Crippen LogP contribution in [0.15, 0.2) is 42.5 Å². The van der Waals surface area contributed by atoms with E-state index in [1.807, 2.05) is 12.1 Å². The highest BCUT2D eigenvalue weighted by Gasteiger charge is 2.32. The topological polar surface area (TPSA) is 35.8 Å². The summed E-state index contributed by atoms with van der Waals surface area (Å²) in [6, 6.07) is 14.5. The van der Waals surface area contributed by atoms with E-state index in [1.54, 1.807) is 24.3 Å². The summed E-state index contributed by atoms with van der Waals surface area (Å²) in [4.78, 5) is 0. The van der Waals surface area contributed by atoms with E-state index in [0.29, 0.717) is 10.6 Å². The summed E-state index contributed by atoms with van der Waals surface area (Å²) in [5.74, 6) is 0.106. The Hall–Kier alpha value is -2.05. The van der Waals surface area contributed by atoms with Crippen molar-refractivity contribution in [1.29, 1.82) is 5.26 Å². The van der Waals surface area contributed by atoms with Gasteiger partial charge in [0, 0.05) is 11.1 Å². The van der Waals surface area contributed by atoms with Crippen LogP contribution in [-0.2, 0) is 0 Å². The molecule has 1 N–H and O–H groups in total. The van der Waals surface area contributed by atoms with Crippen LogP contribution in [0.5, 0.6) is 0 Å². The number of nitrogens with one attached hydrogen (secondary N) is 1. The number of halogens is 2. The van der Waals surface area contributed by atoms with E-state index in [0.717, 1.165) is 24.1 Å². The second-order valence-electron chi connectivity index (χ2n) is 5.33. The van der Waals surface area contributed by atoms with Crippen LogP contribution in [0, 0.1) is 17.1 Å². The number of anilines is 1. The SMILES string of the molecule is N#Cc1ccc(Cl)cc1NC1CC(c2ccccc2F)C1. The fourth-order valence-electron chi connectivity index (χ4n) is 2.75. The molecule has 0 saturated heterocycles. The number of rotatable bonds is 3. The minimum Gasteiger partial charge on any atom is -0.381 e. The van der Waals surface area contributed by atoms with Gasteiger partial charge < -0.3 is 5.32 Å². The van der Waals surface area contributed by atoms with Gasteiger partial charge in [-0.2, -0.15) is 5.26 Å². The van der Waals surface area contributed by atoms with Crippen LogP contribution >= 0.6 is 11.6 Å². The molecular weight excluding hydrogens is 287 g/mol. The molecule has 0 aliphatic heterocycles. The van der Waals surface area contributed by atoms with Crippen LogP contribution in [0.3, 0.4) is 0 Å². The molecule has 21 heavy (non-hydrogen) atoms. The summed E-state index contributed by atoms with van der Waals surface area (Å²) in [7, 11) is 0. The first-order valence-corrected chi connectivity index (χ1v) is 7.26. The van der Waals surface area contributed by atoms with E-state index < -0.39 is 0 Å². The summed E-state index contributed by atoms with van der Waals surface area (Å²) in [5, 5.41) is 13.0. The Morgan fingerprint density at radius 2 is 1.95 bits per heavy atom. The molecule has 1 fully saturated rings. The lowest BCUT2D eigenvalue weighted by Gasteiger charge is -2.37. The van der Waals surface area contributed by atoms with Crippen LogP contribution < -0.4 is 5.32 Å². The van der Waals surface area contributed by atoms with Crippen molar-refractivity contribution in [3.05, 3.63) is 64.4 Å². The molecule has 0 spiro atoms. The normalized spacial score (nSPS) is 20.4. The maximum Gasteiger partial charge on any atom is 0.126 e. The molecule has 2 aromatic rings. The van der Waals surface area contributed by atoms with E-state index in [4.69, 9.17) is 16.9 Å². The summed E-state index contributed by atoms with van der Waals surface area (Å²) in [6.45, 7) is 0. The van der Waals surface area contributed by atoms with E-state index in [1.165, 1.54) is 6.07 Å². The highest BCUT2D eigenvalue weighted by Crippen LogP contribution is 2.40. The molecule has 106 valence electrons. The molecule has 0 aromatic heterocycles. The minimum atomic E-state index is -0.138. The van der Waals surface area contributed by atoms with E-state index in [9.17, 15) is 4.39 Å². The molecule has 1 aliphatic carbocycles. The van der Waals surface area contributed by atoms with Crippen molar-refractivity contribution < 1.29 is 4.39 Å². The predicted molar refractivity (Wildman–Crippen MR) is 82.0 cm³/mol. The van der Waals surface area contributed by atoms with Crippen molar-refractivity contribution in [2.24, 2.45) is 0 Å². The fourth-order valence-corrected chi connectivity index (χ4v) is 2.92. The van der Waals surface area contributed by atoms with Crippen molar-refractivity contribution in [1.82, 2.24) is 0 Å². The van der Waals surface area contributed by atoms with E-state index in [-0.39, 0.29) is 17.8 Å². The maximum absolute atomic E-state index is 13.7. The highest BCUT2D eigenvalue weighted by atomic mass is 35.5. The monoisotopic (exact) mass is 300 g/mol. The average Bonchev–Trinajstić information content (AvgIpc) is 2.44. The van der Waals surface area contributed by atoms with Gasteiger partial charge in [-0.1, -0.05) is 29.8 Å². The largest absolute Gasteiger partial charge is 0.381 e. The first-order chi connectivity index (χ1) is 10.2. The lowest BCUT2D eigenvalue weighted by molar-refractivity contribution is 0.363. The van der Waals surface area contributed by atoms with Crippen molar-refractivity contribution in [2.75, 3.05) is 5.32 Å². The fraction of sp³-hybridized carbons (Fsp3) is 0.235. The van der Waals surface area contributed by atoms with Gasteiger partial charge in [0.05, 0.1) is 11.3 Å². The number of nitriles is 1. The van der Waals surface area contributed by atoms with Gasteiger partial charge in [-0.15, -0.1) is 0 Å². The van der Waals surface area contributed by atoms with Gasteiger partial charge in [0.1, 0.15) is 11.9 Å². The lowest BCUT2D eigenvalue weighted by atomic mass is 9.75. The van der Waals surface area contributed by atoms with Gasteiger partial charge in [-0.3, -0.25) is 0 Å². The Kier molecular flexibility index (Phi) is 3.81. The Labute approximate surface area is 128 Å². The molecule has 1 aliphatic rings. The minimum absolute atomic E-state index is 0.138. The first kappa shape index (κ1) is 13.9. The quantitative estimate of drug-likeness (QED) is 0.891. The van der Waals surface area contributed by atoms with Crippen molar-refractivity contribution >= 4 is 17.3 Å².